The van der Waals surface area contributed by atoms with Crippen molar-refractivity contribution in [3.05, 3.63) is 84.2 Å². The van der Waals surface area contributed by atoms with Crippen molar-refractivity contribution < 1.29 is 13.2 Å². The Bertz CT molecular complexity index is 1400. The van der Waals surface area contributed by atoms with Crippen molar-refractivity contribution in [2.75, 3.05) is 18.0 Å². The molecule has 0 atom stereocenters. The van der Waals surface area contributed by atoms with Gasteiger partial charge in [-0.2, -0.15) is 4.31 Å². The van der Waals surface area contributed by atoms with Gasteiger partial charge in [-0.1, -0.05) is 47.2 Å². The van der Waals surface area contributed by atoms with Gasteiger partial charge in [-0.05, 0) is 55.7 Å². The molecule has 1 aliphatic rings. The molecule has 9 heteroatoms. The van der Waals surface area contributed by atoms with E-state index in [-0.39, 0.29) is 11.8 Å². The maximum absolute atomic E-state index is 13.7. The van der Waals surface area contributed by atoms with E-state index in [1.165, 1.54) is 15.6 Å². The highest BCUT2D eigenvalue weighted by molar-refractivity contribution is 7.89. The fourth-order valence-corrected chi connectivity index (χ4v) is 6.75. The Kier molecular flexibility index (Phi) is 6.64. The predicted octanol–water partition coefficient (Wildman–Crippen LogP) is 4.63. The molecule has 0 saturated carbocycles. The highest BCUT2D eigenvalue weighted by Gasteiger charge is 2.35. The minimum absolute atomic E-state index is 0.0275. The number of anilines is 1. The van der Waals surface area contributed by atoms with Crippen LogP contribution in [0.4, 0.5) is 5.13 Å². The molecule has 2 aromatic heterocycles. The van der Waals surface area contributed by atoms with Crippen LogP contribution >= 0.6 is 11.3 Å². The molecule has 2 aromatic carbocycles. The summed E-state index contributed by atoms with van der Waals surface area (Å²) in [5.41, 5.74) is 2.78. The first-order valence-electron chi connectivity index (χ1n) is 11.5. The number of amides is 1. The van der Waals surface area contributed by atoms with Crippen molar-refractivity contribution in [3.63, 3.8) is 0 Å². The zero-order valence-electron chi connectivity index (χ0n) is 19.4. The molecule has 1 amide bonds. The number of carbonyl (C=O) groups excluding carboxylic acids is 1. The first-order chi connectivity index (χ1) is 16.9. The number of aromatic nitrogens is 2. The average molecular weight is 507 g/mol. The van der Waals surface area contributed by atoms with E-state index in [1.54, 1.807) is 41.6 Å². The van der Waals surface area contributed by atoms with Crippen LogP contribution in [-0.4, -0.2) is 41.7 Å². The molecule has 3 heterocycles. The number of piperidine rings is 1. The molecule has 0 spiro atoms. The number of hydrogen-bond acceptors (Lipinski definition) is 6. The summed E-state index contributed by atoms with van der Waals surface area (Å²) in [6.45, 7) is 2.92. The number of aryl methyl sites for hydroxylation is 1. The number of nitrogens with zero attached hydrogens (tertiary/aromatic N) is 4. The number of rotatable bonds is 6. The second-order valence-corrected chi connectivity index (χ2v) is 11.7. The van der Waals surface area contributed by atoms with E-state index < -0.39 is 10.0 Å². The first kappa shape index (κ1) is 23.6. The van der Waals surface area contributed by atoms with E-state index in [1.807, 2.05) is 43.3 Å². The topological polar surface area (TPSA) is 83.5 Å². The summed E-state index contributed by atoms with van der Waals surface area (Å²) in [4.78, 5) is 24.7. The van der Waals surface area contributed by atoms with Gasteiger partial charge < -0.3 is 0 Å². The van der Waals surface area contributed by atoms with E-state index in [9.17, 15) is 13.2 Å². The van der Waals surface area contributed by atoms with Crippen molar-refractivity contribution in [2.45, 2.75) is 31.2 Å². The molecule has 7 nitrogen and oxygen atoms in total. The number of fused-ring (bicyclic) bond motifs is 1. The van der Waals surface area contributed by atoms with Gasteiger partial charge >= 0.3 is 0 Å². The molecular weight excluding hydrogens is 480 g/mol. The Morgan fingerprint density at radius 2 is 1.80 bits per heavy atom. The third kappa shape index (κ3) is 4.98. The molecule has 5 rings (SSSR count). The Balaban J connectivity index is 1.35. The third-order valence-electron chi connectivity index (χ3n) is 6.30. The Morgan fingerprint density at radius 3 is 2.49 bits per heavy atom. The second-order valence-electron chi connectivity index (χ2n) is 8.74. The Hall–Kier alpha value is -3.14. The van der Waals surface area contributed by atoms with Crippen LogP contribution in [0.2, 0.25) is 0 Å². The zero-order chi connectivity index (χ0) is 24.4. The van der Waals surface area contributed by atoms with E-state index in [2.05, 4.69) is 4.98 Å². The van der Waals surface area contributed by atoms with Crippen LogP contribution in [0.3, 0.4) is 0 Å². The number of benzene rings is 2. The van der Waals surface area contributed by atoms with Gasteiger partial charge in [0.1, 0.15) is 0 Å². The maximum Gasteiger partial charge on any atom is 0.243 e. The van der Waals surface area contributed by atoms with Gasteiger partial charge in [0.05, 0.1) is 21.7 Å². The lowest BCUT2D eigenvalue weighted by Gasteiger charge is -2.33. The molecular formula is C26H26N4O3S2. The van der Waals surface area contributed by atoms with Gasteiger partial charge in [0, 0.05) is 31.4 Å². The van der Waals surface area contributed by atoms with Crippen molar-refractivity contribution in [1.29, 1.82) is 0 Å². The van der Waals surface area contributed by atoms with Gasteiger partial charge in [-0.3, -0.25) is 14.7 Å². The standard InChI is InChI=1S/C26H26N4O3S2/c1-19-8-10-22(11-9-19)35(32,33)29-15-12-21(13-16-29)25(31)30(18-20-5-4-14-27-17-20)26-28-23-6-2-3-7-24(23)34-26/h2-11,14,17,21H,12-13,15-16,18H2,1H3. The monoisotopic (exact) mass is 506 g/mol. The van der Waals surface area contributed by atoms with Crippen LogP contribution in [0.1, 0.15) is 24.0 Å². The number of thiazole rings is 1. The first-order valence-corrected chi connectivity index (χ1v) is 13.8. The smallest absolute Gasteiger partial charge is 0.243 e. The minimum Gasteiger partial charge on any atom is -0.283 e. The molecule has 180 valence electrons. The molecule has 0 aliphatic carbocycles. The molecule has 0 radical (unpaired) electrons. The summed E-state index contributed by atoms with van der Waals surface area (Å²) < 4.78 is 28.7. The van der Waals surface area contributed by atoms with Crippen LogP contribution in [0.25, 0.3) is 10.2 Å². The second kappa shape index (κ2) is 9.85. The van der Waals surface area contributed by atoms with Crippen LogP contribution in [0.15, 0.2) is 78.0 Å². The summed E-state index contributed by atoms with van der Waals surface area (Å²) in [6.07, 6.45) is 4.40. The molecule has 1 saturated heterocycles. The maximum atomic E-state index is 13.7. The fraction of sp³-hybridized carbons (Fsp3) is 0.269. The van der Waals surface area contributed by atoms with Crippen molar-refractivity contribution in [3.8, 4) is 0 Å². The number of para-hydroxylation sites is 1. The van der Waals surface area contributed by atoms with Gasteiger partial charge in [0.25, 0.3) is 0 Å². The van der Waals surface area contributed by atoms with Crippen molar-refractivity contribution >= 4 is 42.6 Å². The molecule has 0 bridgehead atoms. The van der Waals surface area contributed by atoms with Crippen molar-refractivity contribution in [1.82, 2.24) is 14.3 Å². The highest BCUT2D eigenvalue weighted by Crippen LogP contribution is 2.33. The predicted molar refractivity (Wildman–Crippen MR) is 138 cm³/mol. The van der Waals surface area contributed by atoms with Gasteiger partial charge in [0.15, 0.2) is 5.13 Å². The molecule has 1 aliphatic heterocycles. The summed E-state index contributed by atoms with van der Waals surface area (Å²) in [7, 11) is -3.58. The minimum atomic E-state index is -3.58. The third-order valence-corrected chi connectivity index (χ3v) is 9.28. The SMILES string of the molecule is Cc1ccc(S(=O)(=O)N2CCC(C(=O)N(Cc3cccnc3)c3nc4ccccc4s3)CC2)cc1. The lowest BCUT2D eigenvalue weighted by atomic mass is 9.96. The summed E-state index contributed by atoms with van der Waals surface area (Å²) in [6, 6.07) is 18.5. The largest absolute Gasteiger partial charge is 0.283 e. The summed E-state index contributed by atoms with van der Waals surface area (Å²) in [5, 5.41) is 0.648. The van der Waals surface area contributed by atoms with E-state index >= 15 is 0 Å². The van der Waals surface area contributed by atoms with E-state index in [0.717, 1.165) is 21.3 Å². The summed E-state index contributed by atoms with van der Waals surface area (Å²) >= 11 is 1.49. The number of sulfonamides is 1. The normalized spacial score (nSPS) is 15.3. The van der Waals surface area contributed by atoms with Crippen molar-refractivity contribution in [2.24, 2.45) is 5.92 Å². The quantitative estimate of drug-likeness (QED) is 0.381. The van der Waals surface area contributed by atoms with Crippen LogP contribution in [-0.2, 0) is 21.4 Å². The number of pyridine rings is 1. The fourth-order valence-electron chi connectivity index (χ4n) is 4.31. The van der Waals surface area contributed by atoms with Crippen LogP contribution in [0.5, 0.6) is 0 Å². The highest BCUT2D eigenvalue weighted by atomic mass is 32.2. The van der Waals surface area contributed by atoms with Gasteiger partial charge in [0.2, 0.25) is 15.9 Å². The zero-order valence-corrected chi connectivity index (χ0v) is 21.0. The van der Waals surface area contributed by atoms with Crippen LogP contribution in [0, 0.1) is 12.8 Å². The van der Waals surface area contributed by atoms with Gasteiger partial charge in [-0.25, -0.2) is 13.4 Å². The van der Waals surface area contributed by atoms with E-state index in [0.29, 0.717) is 42.5 Å². The molecule has 4 aromatic rings. The number of carbonyl (C=O) groups is 1. The Morgan fingerprint density at radius 1 is 1.06 bits per heavy atom. The average Bonchev–Trinajstić information content (AvgIpc) is 3.32. The molecule has 35 heavy (non-hydrogen) atoms. The molecule has 1 fully saturated rings. The Labute approximate surface area is 209 Å². The lowest BCUT2D eigenvalue weighted by Crippen LogP contribution is -2.44. The van der Waals surface area contributed by atoms with Gasteiger partial charge in [-0.15, -0.1) is 0 Å². The van der Waals surface area contributed by atoms with Crippen LogP contribution < -0.4 is 4.90 Å². The number of hydrogen-bond donors (Lipinski definition) is 0. The lowest BCUT2D eigenvalue weighted by molar-refractivity contribution is -0.123. The molecule has 0 N–H and O–H groups in total. The summed E-state index contributed by atoms with van der Waals surface area (Å²) in [5.74, 6) is -0.302. The molecule has 0 unspecified atom stereocenters. The van der Waals surface area contributed by atoms with E-state index in [4.69, 9.17) is 4.98 Å².